The zero-order valence-electron chi connectivity index (χ0n) is 13.3. The van der Waals surface area contributed by atoms with E-state index in [9.17, 15) is 4.79 Å². The number of carbonyl (C=O) groups is 1. The molecule has 0 radical (unpaired) electrons. The Labute approximate surface area is 134 Å². The Morgan fingerprint density at radius 2 is 2.32 bits per heavy atom. The second-order valence-corrected chi connectivity index (χ2v) is 6.87. The summed E-state index contributed by atoms with van der Waals surface area (Å²) in [4.78, 5) is 20.1. The van der Waals surface area contributed by atoms with Crippen molar-refractivity contribution in [1.29, 1.82) is 0 Å². The van der Waals surface area contributed by atoms with Crippen LogP contribution in [0.15, 0.2) is 10.6 Å². The second kappa shape index (κ2) is 6.20. The van der Waals surface area contributed by atoms with Crippen LogP contribution < -0.4 is 0 Å². The highest BCUT2D eigenvalue weighted by molar-refractivity contribution is 7.13. The number of amides is 1. The highest BCUT2D eigenvalue weighted by Crippen LogP contribution is 2.34. The van der Waals surface area contributed by atoms with Gasteiger partial charge in [-0.1, -0.05) is 12.1 Å². The minimum absolute atomic E-state index is 0.0288. The minimum Gasteiger partial charge on any atom is -0.361 e. The van der Waals surface area contributed by atoms with Crippen molar-refractivity contribution in [2.24, 2.45) is 0 Å². The third-order valence-corrected chi connectivity index (χ3v) is 5.21. The first-order chi connectivity index (χ1) is 10.6. The van der Waals surface area contributed by atoms with Crippen molar-refractivity contribution in [3.8, 4) is 0 Å². The number of thiazole rings is 1. The molecule has 2 aromatic rings. The molecule has 5 nitrogen and oxygen atoms in total. The fraction of sp³-hybridized carbons (Fsp3) is 0.562. The highest BCUT2D eigenvalue weighted by atomic mass is 32.1. The van der Waals surface area contributed by atoms with Gasteiger partial charge < -0.3 is 9.42 Å². The van der Waals surface area contributed by atoms with Crippen LogP contribution in [0, 0.1) is 13.8 Å². The van der Waals surface area contributed by atoms with Crippen molar-refractivity contribution >= 4 is 17.2 Å². The number of carbonyl (C=O) groups excluding carboxylic acids is 1. The fourth-order valence-electron chi connectivity index (χ4n) is 2.96. The fourth-order valence-corrected chi connectivity index (χ4v) is 4.08. The average molecular weight is 319 g/mol. The van der Waals surface area contributed by atoms with Gasteiger partial charge in [-0.25, -0.2) is 4.98 Å². The summed E-state index contributed by atoms with van der Waals surface area (Å²) in [6.07, 6.45) is 3.93. The van der Waals surface area contributed by atoms with Crippen LogP contribution in [0.5, 0.6) is 0 Å². The van der Waals surface area contributed by atoms with Crippen molar-refractivity contribution < 1.29 is 9.32 Å². The van der Waals surface area contributed by atoms with Crippen molar-refractivity contribution in [3.05, 3.63) is 33.1 Å². The molecule has 1 aliphatic rings. The van der Waals surface area contributed by atoms with Gasteiger partial charge in [-0.3, -0.25) is 4.79 Å². The number of likely N-dealkylation sites (tertiary alicyclic amines) is 1. The zero-order valence-corrected chi connectivity index (χ0v) is 14.1. The number of hydrogen-bond donors (Lipinski definition) is 0. The molecule has 0 aliphatic carbocycles. The lowest BCUT2D eigenvalue weighted by Crippen LogP contribution is -2.30. The van der Waals surface area contributed by atoms with Gasteiger partial charge in [0.15, 0.2) is 0 Å². The van der Waals surface area contributed by atoms with Gasteiger partial charge >= 0.3 is 0 Å². The largest absolute Gasteiger partial charge is 0.361 e. The van der Waals surface area contributed by atoms with E-state index in [1.54, 1.807) is 0 Å². The standard InChI is InChI=1S/C16H21N3O2S/c1-4-6-14-17-11(3)15(22-14)16(20)19-8-5-7-13(19)12-9-10(2)21-18-12/h9,13H,4-8H2,1-3H3/t13-/m1/s1. The quantitative estimate of drug-likeness (QED) is 0.862. The topological polar surface area (TPSA) is 59.2 Å². The third kappa shape index (κ3) is 2.79. The van der Waals surface area contributed by atoms with Gasteiger partial charge in [0.2, 0.25) is 0 Å². The van der Waals surface area contributed by atoms with Crippen molar-refractivity contribution in [2.45, 2.75) is 52.5 Å². The van der Waals surface area contributed by atoms with Crippen LogP contribution in [0.1, 0.15) is 64.1 Å². The van der Waals surface area contributed by atoms with E-state index in [-0.39, 0.29) is 11.9 Å². The summed E-state index contributed by atoms with van der Waals surface area (Å²) in [6.45, 7) is 6.70. The Balaban J connectivity index is 1.84. The first kappa shape index (κ1) is 15.2. The van der Waals surface area contributed by atoms with Gasteiger partial charge in [0.25, 0.3) is 5.91 Å². The van der Waals surface area contributed by atoms with Gasteiger partial charge in [-0.05, 0) is 39.5 Å². The molecule has 6 heteroatoms. The van der Waals surface area contributed by atoms with Crippen molar-refractivity contribution in [2.75, 3.05) is 6.54 Å². The summed E-state index contributed by atoms with van der Waals surface area (Å²) in [5.41, 5.74) is 1.71. The van der Waals surface area contributed by atoms with E-state index < -0.39 is 0 Å². The van der Waals surface area contributed by atoms with Crippen LogP contribution in [0.25, 0.3) is 0 Å². The van der Waals surface area contributed by atoms with E-state index in [0.29, 0.717) is 0 Å². The maximum Gasteiger partial charge on any atom is 0.266 e. The van der Waals surface area contributed by atoms with Crippen LogP contribution in [-0.4, -0.2) is 27.5 Å². The van der Waals surface area contributed by atoms with Gasteiger partial charge in [0, 0.05) is 12.6 Å². The van der Waals surface area contributed by atoms with Gasteiger partial charge in [-0.15, -0.1) is 11.3 Å². The monoisotopic (exact) mass is 319 g/mol. The summed E-state index contributed by atoms with van der Waals surface area (Å²) in [6, 6.07) is 1.96. The van der Waals surface area contributed by atoms with Crippen LogP contribution in [0.2, 0.25) is 0 Å². The first-order valence-electron chi connectivity index (χ1n) is 7.80. The molecule has 1 amide bonds. The van der Waals surface area contributed by atoms with Crippen molar-refractivity contribution in [1.82, 2.24) is 15.0 Å². The molecule has 3 rings (SSSR count). The molecule has 0 aromatic carbocycles. The molecule has 0 saturated carbocycles. The smallest absolute Gasteiger partial charge is 0.266 e. The second-order valence-electron chi connectivity index (χ2n) is 5.79. The molecule has 0 N–H and O–H groups in total. The molecule has 2 aromatic heterocycles. The predicted octanol–water partition coefficient (Wildman–Crippen LogP) is 3.68. The van der Waals surface area contributed by atoms with Crippen LogP contribution >= 0.6 is 11.3 Å². The summed E-state index contributed by atoms with van der Waals surface area (Å²) >= 11 is 1.54. The average Bonchev–Trinajstić information content (AvgIpc) is 3.18. The van der Waals surface area contributed by atoms with Crippen molar-refractivity contribution in [3.63, 3.8) is 0 Å². The summed E-state index contributed by atoms with van der Waals surface area (Å²) in [7, 11) is 0. The van der Waals surface area contributed by atoms with Crippen LogP contribution in [-0.2, 0) is 6.42 Å². The maximum absolute atomic E-state index is 12.9. The molecule has 0 spiro atoms. The Bertz CT molecular complexity index is 677. The molecule has 1 saturated heterocycles. The lowest BCUT2D eigenvalue weighted by atomic mass is 10.1. The number of aromatic nitrogens is 2. The minimum atomic E-state index is 0.0288. The number of hydrogen-bond acceptors (Lipinski definition) is 5. The maximum atomic E-state index is 12.9. The molecule has 22 heavy (non-hydrogen) atoms. The molecular formula is C16H21N3O2S. The first-order valence-corrected chi connectivity index (χ1v) is 8.62. The van der Waals surface area contributed by atoms with E-state index in [4.69, 9.17) is 4.52 Å². The molecule has 0 unspecified atom stereocenters. The number of nitrogens with zero attached hydrogens (tertiary/aromatic N) is 3. The van der Waals surface area contributed by atoms with Crippen LogP contribution in [0.3, 0.4) is 0 Å². The Kier molecular flexibility index (Phi) is 4.29. The Hall–Kier alpha value is -1.69. The Morgan fingerprint density at radius 3 is 3.00 bits per heavy atom. The third-order valence-electron chi connectivity index (χ3n) is 4.00. The molecule has 3 heterocycles. The van der Waals surface area contributed by atoms with E-state index in [2.05, 4.69) is 17.1 Å². The lowest BCUT2D eigenvalue weighted by molar-refractivity contribution is 0.0735. The van der Waals surface area contributed by atoms with E-state index in [0.717, 1.165) is 59.3 Å². The molecule has 1 fully saturated rings. The van der Waals surface area contributed by atoms with E-state index in [1.807, 2.05) is 24.8 Å². The molecule has 1 atom stereocenters. The molecule has 0 bridgehead atoms. The summed E-state index contributed by atoms with van der Waals surface area (Å²) in [5.74, 6) is 0.869. The lowest BCUT2D eigenvalue weighted by Gasteiger charge is -2.22. The molecular weight excluding hydrogens is 298 g/mol. The van der Waals surface area contributed by atoms with E-state index in [1.165, 1.54) is 11.3 Å². The van der Waals surface area contributed by atoms with E-state index >= 15 is 0 Å². The number of rotatable bonds is 4. The molecule has 1 aliphatic heterocycles. The van der Waals surface area contributed by atoms with Gasteiger partial charge in [0.1, 0.15) is 16.3 Å². The van der Waals surface area contributed by atoms with Gasteiger partial charge in [-0.2, -0.15) is 0 Å². The normalized spacial score (nSPS) is 18.1. The predicted molar refractivity (Wildman–Crippen MR) is 85.1 cm³/mol. The van der Waals surface area contributed by atoms with Gasteiger partial charge in [0.05, 0.1) is 16.7 Å². The zero-order chi connectivity index (χ0) is 15.7. The summed E-state index contributed by atoms with van der Waals surface area (Å²) in [5, 5.41) is 5.15. The summed E-state index contributed by atoms with van der Waals surface area (Å²) < 4.78 is 5.17. The Morgan fingerprint density at radius 1 is 1.50 bits per heavy atom. The van der Waals surface area contributed by atoms with Crippen LogP contribution in [0.4, 0.5) is 0 Å². The SMILES string of the molecule is CCCc1nc(C)c(C(=O)N2CCC[C@@H]2c2cc(C)on2)s1. The number of aryl methyl sites for hydroxylation is 3. The highest BCUT2D eigenvalue weighted by Gasteiger charge is 2.34. The molecule has 118 valence electrons.